The highest BCUT2D eigenvalue weighted by atomic mass is 32.2. The first-order valence-electron chi connectivity index (χ1n) is 9.64. The number of ether oxygens (including phenoxy) is 1. The Labute approximate surface area is 171 Å². The third kappa shape index (κ3) is 7.80. The largest absolute Gasteiger partial charge is 0.447 e. The lowest BCUT2D eigenvalue weighted by molar-refractivity contribution is 0.109. The zero-order valence-corrected chi connectivity index (χ0v) is 17.6. The second kappa shape index (κ2) is 11.6. The maximum absolute atomic E-state index is 12.0. The molecule has 1 aromatic rings. The number of nitrogens with zero attached hydrogens (tertiary/aromatic N) is 1. The van der Waals surface area contributed by atoms with Gasteiger partial charge in [-0.05, 0) is 51.3 Å². The van der Waals surface area contributed by atoms with Gasteiger partial charge in [-0.2, -0.15) is 5.10 Å². The van der Waals surface area contributed by atoms with Gasteiger partial charge in [0.25, 0.3) is 0 Å². The summed E-state index contributed by atoms with van der Waals surface area (Å²) in [5, 5.41) is 10.9. The first-order valence-corrected chi connectivity index (χ1v) is 10.9. The number of hydrogen-bond acceptors (Lipinski definition) is 5. The number of rotatable bonds is 6. The first kappa shape index (κ1) is 22.1. The van der Waals surface area contributed by atoms with E-state index in [1.807, 2.05) is 50.4 Å². The molecule has 154 valence electrons. The molecule has 0 saturated heterocycles. The Balaban J connectivity index is 1.75. The third-order valence-electron chi connectivity index (χ3n) is 4.51. The minimum atomic E-state index is -0.353. The Morgan fingerprint density at radius 3 is 2.46 bits per heavy atom. The van der Waals surface area contributed by atoms with Gasteiger partial charge in [0, 0.05) is 18.5 Å². The number of carbonyl (C=O) groups is 2. The number of urea groups is 1. The quantitative estimate of drug-likeness (QED) is 0.380. The summed E-state index contributed by atoms with van der Waals surface area (Å²) in [5.74, 6) is 0.295. The van der Waals surface area contributed by atoms with Gasteiger partial charge >= 0.3 is 12.1 Å². The summed E-state index contributed by atoms with van der Waals surface area (Å²) in [6.45, 7) is 4.13. The van der Waals surface area contributed by atoms with Crippen LogP contribution in [0.4, 0.5) is 9.59 Å². The number of hydrazone groups is 1. The molecule has 0 aliphatic heterocycles. The normalized spacial score (nSPS) is 19.8. The molecule has 0 aromatic heterocycles. The molecule has 0 atom stereocenters. The fourth-order valence-electron chi connectivity index (χ4n) is 3.13. The number of benzene rings is 1. The van der Waals surface area contributed by atoms with Gasteiger partial charge in [0.15, 0.2) is 0 Å². The summed E-state index contributed by atoms with van der Waals surface area (Å²) in [5.41, 5.74) is 3.63. The predicted octanol–water partition coefficient (Wildman–Crippen LogP) is 3.86. The van der Waals surface area contributed by atoms with Crippen LogP contribution < -0.4 is 16.1 Å². The standard InChI is InChI=1S/C20H30N4O3S/c1-14(2)27-20(26)22-17-11-9-16(10-12-17)18(28-3)23-24-19(25)21-13-15-7-5-4-6-8-15/h4-8,14,16-17H,9-13H2,1-3H3,(H,22,26)(H2,21,24,25)/b23-18-. The molecule has 0 spiro atoms. The molecule has 0 radical (unpaired) electrons. The Bertz CT molecular complexity index is 659. The van der Waals surface area contributed by atoms with Crippen LogP contribution in [0.1, 0.15) is 45.1 Å². The van der Waals surface area contributed by atoms with Gasteiger partial charge in [0.1, 0.15) is 0 Å². The van der Waals surface area contributed by atoms with Gasteiger partial charge < -0.3 is 15.4 Å². The van der Waals surface area contributed by atoms with Gasteiger partial charge in [0.2, 0.25) is 0 Å². The lowest BCUT2D eigenvalue weighted by atomic mass is 9.86. The van der Waals surface area contributed by atoms with Gasteiger partial charge in [-0.15, -0.1) is 11.8 Å². The maximum Gasteiger partial charge on any atom is 0.407 e. The van der Waals surface area contributed by atoms with Crippen LogP contribution in [0.15, 0.2) is 35.4 Å². The van der Waals surface area contributed by atoms with Crippen molar-refractivity contribution in [3.05, 3.63) is 35.9 Å². The van der Waals surface area contributed by atoms with E-state index in [2.05, 4.69) is 21.2 Å². The Hall–Kier alpha value is -2.22. The molecule has 0 bridgehead atoms. The number of nitrogens with one attached hydrogen (secondary N) is 3. The summed E-state index contributed by atoms with van der Waals surface area (Å²) >= 11 is 1.55. The van der Waals surface area contributed by atoms with E-state index in [4.69, 9.17) is 4.74 Å². The van der Waals surface area contributed by atoms with Crippen molar-refractivity contribution in [3.63, 3.8) is 0 Å². The van der Waals surface area contributed by atoms with E-state index in [0.717, 1.165) is 36.3 Å². The molecule has 28 heavy (non-hydrogen) atoms. The lowest BCUT2D eigenvalue weighted by Gasteiger charge is -2.29. The summed E-state index contributed by atoms with van der Waals surface area (Å²) in [7, 11) is 0. The van der Waals surface area contributed by atoms with E-state index >= 15 is 0 Å². The SMILES string of the molecule is CS/C(=N\NC(=O)NCc1ccccc1)C1CCC(NC(=O)OC(C)C)CC1. The monoisotopic (exact) mass is 406 g/mol. The predicted molar refractivity (Wildman–Crippen MR) is 113 cm³/mol. The van der Waals surface area contributed by atoms with E-state index in [9.17, 15) is 9.59 Å². The van der Waals surface area contributed by atoms with Crippen LogP contribution in [-0.2, 0) is 11.3 Å². The highest BCUT2D eigenvalue weighted by Gasteiger charge is 2.26. The summed E-state index contributed by atoms with van der Waals surface area (Å²) < 4.78 is 5.14. The van der Waals surface area contributed by atoms with Gasteiger partial charge in [-0.1, -0.05) is 30.3 Å². The van der Waals surface area contributed by atoms with Crippen LogP contribution in [0.25, 0.3) is 0 Å². The van der Waals surface area contributed by atoms with Crippen molar-refractivity contribution in [2.45, 2.75) is 58.2 Å². The number of alkyl carbamates (subject to hydrolysis) is 1. The third-order valence-corrected chi connectivity index (χ3v) is 5.36. The molecule has 0 unspecified atom stereocenters. The van der Waals surface area contributed by atoms with E-state index < -0.39 is 0 Å². The lowest BCUT2D eigenvalue weighted by Crippen LogP contribution is -2.40. The molecule has 1 aliphatic rings. The number of hydrogen-bond donors (Lipinski definition) is 3. The van der Waals surface area contributed by atoms with Crippen LogP contribution in [0.3, 0.4) is 0 Å². The molecule has 1 saturated carbocycles. The summed E-state index contributed by atoms with van der Waals surface area (Å²) in [6.07, 6.45) is 5.07. The minimum absolute atomic E-state index is 0.120. The Morgan fingerprint density at radius 2 is 1.86 bits per heavy atom. The van der Waals surface area contributed by atoms with Gasteiger partial charge in [0.05, 0.1) is 11.1 Å². The second-order valence-corrected chi connectivity index (χ2v) is 7.91. The van der Waals surface area contributed by atoms with Crippen LogP contribution in [0.2, 0.25) is 0 Å². The topological polar surface area (TPSA) is 91.8 Å². The van der Waals surface area contributed by atoms with E-state index in [1.165, 1.54) is 0 Å². The summed E-state index contributed by atoms with van der Waals surface area (Å²) in [6, 6.07) is 9.55. The minimum Gasteiger partial charge on any atom is -0.447 e. The first-order chi connectivity index (χ1) is 13.5. The van der Waals surface area contributed by atoms with Crippen LogP contribution in [0.5, 0.6) is 0 Å². The average Bonchev–Trinajstić information content (AvgIpc) is 2.68. The van der Waals surface area contributed by atoms with Crippen LogP contribution in [0, 0.1) is 5.92 Å². The van der Waals surface area contributed by atoms with Crippen molar-refractivity contribution in [2.24, 2.45) is 11.0 Å². The molecule has 2 rings (SSSR count). The van der Waals surface area contributed by atoms with Crippen molar-refractivity contribution in [3.8, 4) is 0 Å². The molecule has 8 heteroatoms. The maximum atomic E-state index is 12.0. The van der Waals surface area contributed by atoms with Crippen molar-refractivity contribution in [1.82, 2.24) is 16.1 Å². The molecule has 7 nitrogen and oxygen atoms in total. The van der Waals surface area contributed by atoms with E-state index in [1.54, 1.807) is 11.8 Å². The second-order valence-electron chi connectivity index (χ2n) is 7.08. The highest BCUT2D eigenvalue weighted by Crippen LogP contribution is 2.28. The number of thioether (sulfide) groups is 1. The van der Waals surface area contributed by atoms with E-state index in [-0.39, 0.29) is 24.3 Å². The molecule has 1 fully saturated rings. The van der Waals surface area contributed by atoms with Gasteiger partial charge in [-0.25, -0.2) is 15.0 Å². The average molecular weight is 407 g/mol. The highest BCUT2D eigenvalue weighted by molar-refractivity contribution is 8.13. The number of carbonyl (C=O) groups excluding carboxylic acids is 2. The van der Waals surface area contributed by atoms with E-state index in [0.29, 0.717) is 12.5 Å². The molecular weight excluding hydrogens is 376 g/mol. The molecule has 1 aromatic carbocycles. The zero-order chi connectivity index (χ0) is 20.4. The Kier molecular flexibility index (Phi) is 9.13. The Morgan fingerprint density at radius 1 is 1.18 bits per heavy atom. The van der Waals surface area contributed by atoms with Crippen molar-refractivity contribution >= 4 is 28.9 Å². The van der Waals surface area contributed by atoms with Crippen molar-refractivity contribution in [1.29, 1.82) is 0 Å². The number of amides is 3. The molecule has 0 heterocycles. The fourth-order valence-corrected chi connectivity index (χ4v) is 3.83. The molecular formula is C20H30N4O3S. The molecule has 3 amide bonds. The van der Waals surface area contributed by atoms with Crippen molar-refractivity contribution < 1.29 is 14.3 Å². The molecule has 3 N–H and O–H groups in total. The van der Waals surface area contributed by atoms with Gasteiger partial charge in [-0.3, -0.25) is 0 Å². The smallest absolute Gasteiger partial charge is 0.407 e. The van der Waals surface area contributed by atoms with Crippen molar-refractivity contribution in [2.75, 3.05) is 6.26 Å². The summed E-state index contributed by atoms with van der Waals surface area (Å²) in [4.78, 5) is 23.7. The van der Waals surface area contributed by atoms with Crippen LogP contribution >= 0.6 is 11.8 Å². The fraction of sp³-hybridized carbons (Fsp3) is 0.550. The zero-order valence-electron chi connectivity index (χ0n) is 16.7. The van der Waals surface area contributed by atoms with Crippen LogP contribution in [-0.4, -0.2) is 35.6 Å². The molecule has 1 aliphatic carbocycles.